The van der Waals surface area contributed by atoms with Crippen LogP contribution in [-0.4, -0.2) is 3.21 Å². The van der Waals surface area contributed by atoms with Crippen LogP contribution in [-0.2, 0) is 38.5 Å². The van der Waals surface area contributed by atoms with Crippen molar-refractivity contribution in [3.05, 3.63) is 148 Å². The minimum Gasteiger partial charge on any atom is -1.00 e. The van der Waals surface area contributed by atoms with Crippen molar-refractivity contribution >= 4 is 6.48 Å². The van der Waals surface area contributed by atoms with Crippen LogP contribution in [0.15, 0.2) is 114 Å². The van der Waals surface area contributed by atoms with Crippen LogP contribution in [0.5, 0.6) is 0 Å². The molecule has 244 valence electrons. The van der Waals surface area contributed by atoms with Crippen molar-refractivity contribution in [2.45, 2.75) is 90.1 Å². The SMILES string of the molecule is CC1=CC(C(C)(C)C)=C[CH]1[Zr+2](=[C](c1ccccc1)c1ccccc1)[c]1cc(C(C)(C)C)cc2c1Cc1ccc(C(C)(C)C)cc1-2.[Cl-].[Cl-]. The predicted octanol–water partition coefficient (Wildman–Crippen LogP) is 5.09. The Morgan fingerprint density at radius 1 is 0.617 bits per heavy atom. The van der Waals surface area contributed by atoms with Gasteiger partial charge >= 0.3 is 282 Å². The normalized spacial score (nSPS) is 15.3. The monoisotopic (exact) mass is 738 g/mol. The minimum absolute atomic E-state index is 0. The quantitative estimate of drug-likeness (QED) is 0.241. The first-order chi connectivity index (χ1) is 21.1. The second-order valence-corrected chi connectivity index (χ2v) is 22.5. The number of fused-ring (bicyclic) bond motifs is 3. The fourth-order valence-electron chi connectivity index (χ4n) is 7.03. The minimum atomic E-state index is -2.80. The van der Waals surface area contributed by atoms with Gasteiger partial charge in [0.2, 0.25) is 0 Å². The van der Waals surface area contributed by atoms with Gasteiger partial charge in [0.05, 0.1) is 0 Å². The van der Waals surface area contributed by atoms with Gasteiger partial charge in [-0.05, 0) is 0 Å². The van der Waals surface area contributed by atoms with Gasteiger partial charge in [-0.1, -0.05) is 0 Å². The van der Waals surface area contributed by atoms with Gasteiger partial charge < -0.3 is 24.8 Å². The molecular formula is C44H50Cl2Zr. The zero-order chi connectivity index (χ0) is 32.3. The van der Waals surface area contributed by atoms with Gasteiger partial charge in [-0.25, -0.2) is 0 Å². The van der Waals surface area contributed by atoms with Crippen molar-refractivity contribution in [2.75, 3.05) is 0 Å². The summed E-state index contributed by atoms with van der Waals surface area (Å²) in [5.74, 6) is 0. The molecule has 0 saturated heterocycles. The molecule has 47 heavy (non-hydrogen) atoms. The maximum atomic E-state index is 2.69. The Kier molecular flexibility index (Phi) is 11.1. The first kappa shape index (κ1) is 37.5. The maximum Gasteiger partial charge on any atom is -1.00 e. The van der Waals surface area contributed by atoms with Crippen molar-refractivity contribution in [2.24, 2.45) is 5.41 Å². The average Bonchev–Trinajstić information content (AvgIpc) is 3.55. The molecule has 0 nitrogen and oxygen atoms in total. The van der Waals surface area contributed by atoms with Gasteiger partial charge in [-0.2, -0.15) is 0 Å². The van der Waals surface area contributed by atoms with E-state index in [1.807, 2.05) is 0 Å². The first-order valence-electron chi connectivity index (χ1n) is 16.7. The molecule has 0 spiro atoms. The van der Waals surface area contributed by atoms with Crippen LogP contribution < -0.4 is 28.1 Å². The molecular weight excluding hydrogens is 691 g/mol. The van der Waals surface area contributed by atoms with E-state index >= 15 is 0 Å². The predicted molar refractivity (Wildman–Crippen MR) is 193 cm³/mol. The molecule has 0 aliphatic heterocycles. The van der Waals surface area contributed by atoms with Gasteiger partial charge in [0, 0.05) is 0 Å². The van der Waals surface area contributed by atoms with E-state index < -0.39 is 21.3 Å². The smallest absolute Gasteiger partial charge is 1.00 e. The molecule has 0 N–H and O–H groups in total. The second-order valence-electron chi connectivity index (χ2n) is 16.4. The van der Waals surface area contributed by atoms with Crippen molar-refractivity contribution in [3.8, 4) is 11.1 Å². The summed E-state index contributed by atoms with van der Waals surface area (Å²) in [5, 5.41) is 0. The van der Waals surface area contributed by atoms with Crippen LogP contribution in [0.4, 0.5) is 0 Å². The van der Waals surface area contributed by atoms with Crippen molar-refractivity contribution in [3.63, 3.8) is 0 Å². The van der Waals surface area contributed by atoms with E-state index in [9.17, 15) is 0 Å². The summed E-state index contributed by atoms with van der Waals surface area (Å²) in [7, 11) is 0. The van der Waals surface area contributed by atoms with E-state index in [2.05, 4.69) is 172 Å². The maximum absolute atomic E-state index is 2.80. The Labute approximate surface area is 304 Å². The van der Waals surface area contributed by atoms with E-state index in [4.69, 9.17) is 0 Å². The van der Waals surface area contributed by atoms with Crippen LogP contribution in [0.2, 0.25) is 3.63 Å². The molecule has 0 fully saturated rings. The Bertz CT molecular complexity index is 1810. The molecule has 4 aromatic carbocycles. The molecule has 2 aliphatic rings. The molecule has 0 amide bonds. The number of rotatable bonds is 4. The molecule has 4 aromatic rings. The van der Waals surface area contributed by atoms with Gasteiger partial charge in [0.25, 0.3) is 0 Å². The molecule has 1 unspecified atom stereocenters. The van der Waals surface area contributed by atoms with E-state index in [1.54, 1.807) is 17.6 Å². The van der Waals surface area contributed by atoms with Crippen LogP contribution in [0.1, 0.15) is 103 Å². The number of allylic oxidation sites excluding steroid dienone is 4. The third kappa shape index (κ3) is 7.49. The summed E-state index contributed by atoms with van der Waals surface area (Å²) in [6.45, 7) is 23.7. The Hall–Kier alpha value is -2.31. The fraction of sp³-hybridized carbons (Fsp3) is 0.341. The molecule has 6 rings (SSSR count). The van der Waals surface area contributed by atoms with Crippen LogP contribution >= 0.6 is 0 Å². The number of hydrogen-bond donors (Lipinski definition) is 0. The standard InChI is InChI=1S/C21H25.C13H10.C10H15.2ClH.Zr/c1-20(2,3)16-9-7-14-11-15-8-10-17(21(4,5)6)13-19(15)18(14)12-16;1-3-7-12(8-4-1)11-13-9-5-2-6-10-13;1-8-5-6-9(7-8)10(2,3)4;;;/h7,9-10,12-13H,11H2,1-6H3;1-10H;5-7H,1-4H3;2*1H;/q;;;;;+2/p-2. The number of benzene rings is 4. The van der Waals surface area contributed by atoms with Crippen molar-refractivity contribution in [1.82, 2.24) is 0 Å². The fourth-order valence-corrected chi connectivity index (χ4v) is 15.9. The van der Waals surface area contributed by atoms with E-state index in [0.29, 0.717) is 3.63 Å². The molecule has 1 atom stereocenters. The molecule has 2 aliphatic carbocycles. The molecule has 3 heteroatoms. The molecule has 0 radical (unpaired) electrons. The van der Waals surface area contributed by atoms with Gasteiger partial charge in [-0.3, -0.25) is 0 Å². The van der Waals surface area contributed by atoms with Gasteiger partial charge in [-0.15, -0.1) is 0 Å². The van der Waals surface area contributed by atoms with Crippen molar-refractivity contribution in [1.29, 1.82) is 0 Å². The Morgan fingerprint density at radius 2 is 1.15 bits per heavy atom. The largest absolute Gasteiger partial charge is 1.00 e. The molecule has 0 bridgehead atoms. The topological polar surface area (TPSA) is 0 Å². The Balaban J connectivity index is 0.00000250. The zero-order valence-corrected chi connectivity index (χ0v) is 33.8. The Morgan fingerprint density at radius 3 is 1.64 bits per heavy atom. The summed E-state index contributed by atoms with van der Waals surface area (Å²) in [6.07, 6.45) is 6.24. The second kappa shape index (κ2) is 13.9. The summed E-state index contributed by atoms with van der Waals surface area (Å²) in [5.41, 5.74) is 15.0. The van der Waals surface area contributed by atoms with Crippen molar-refractivity contribution < 1.29 is 46.1 Å². The van der Waals surface area contributed by atoms with Crippen LogP contribution in [0.3, 0.4) is 0 Å². The molecule has 0 aromatic heterocycles. The van der Waals surface area contributed by atoms with Crippen LogP contribution in [0.25, 0.3) is 11.1 Å². The molecule has 0 heterocycles. The van der Waals surface area contributed by atoms with Gasteiger partial charge in [0.15, 0.2) is 0 Å². The van der Waals surface area contributed by atoms with E-state index in [0.717, 1.165) is 6.42 Å². The summed E-state index contributed by atoms with van der Waals surface area (Å²) in [4.78, 5) is 0. The summed E-state index contributed by atoms with van der Waals surface area (Å²) < 4.78 is 3.76. The van der Waals surface area contributed by atoms with E-state index in [-0.39, 0.29) is 41.1 Å². The third-order valence-electron chi connectivity index (χ3n) is 9.83. The third-order valence-corrected chi connectivity index (χ3v) is 18.2. The van der Waals surface area contributed by atoms with Gasteiger partial charge in [0.1, 0.15) is 0 Å². The summed E-state index contributed by atoms with van der Waals surface area (Å²) >= 11 is -2.80. The van der Waals surface area contributed by atoms with Crippen LogP contribution in [0, 0.1) is 5.41 Å². The average molecular weight is 741 g/mol. The number of halogens is 2. The van der Waals surface area contributed by atoms with E-state index in [1.165, 1.54) is 44.5 Å². The zero-order valence-electron chi connectivity index (χ0n) is 29.9. The first-order valence-corrected chi connectivity index (χ1v) is 20.6. The number of hydrogen-bond acceptors (Lipinski definition) is 0. The summed E-state index contributed by atoms with van der Waals surface area (Å²) in [6, 6.07) is 35.2. The molecule has 0 saturated carbocycles.